The summed E-state index contributed by atoms with van der Waals surface area (Å²) >= 11 is 0. The monoisotopic (exact) mass is 468 g/mol. The molecule has 0 aliphatic heterocycles. The third-order valence-electron chi connectivity index (χ3n) is 3.76. The highest BCUT2D eigenvalue weighted by atomic mass is 32.2. The Balaban J connectivity index is 2.02. The maximum Gasteiger partial charge on any atom is 0.343 e. The second-order valence-electron chi connectivity index (χ2n) is 5.96. The summed E-state index contributed by atoms with van der Waals surface area (Å²) in [4.78, 5) is 28.0. The largest absolute Gasteiger partial charge is 0.493 e. The molecule has 2 aromatic carbocycles. The second-order valence-corrected chi connectivity index (χ2v) is 7.52. The number of hydrogen-bond acceptors (Lipinski definition) is 11. The highest BCUT2D eigenvalue weighted by Gasteiger charge is 2.14. The molecule has 0 heterocycles. The molecule has 0 amide bonds. The Morgan fingerprint density at radius 3 is 2.34 bits per heavy atom. The lowest BCUT2D eigenvalue weighted by molar-refractivity contribution is -0.493. The van der Waals surface area contributed by atoms with E-state index in [9.17, 15) is 18.0 Å². The molecule has 0 aliphatic rings. The Morgan fingerprint density at radius 1 is 1.06 bits per heavy atom. The van der Waals surface area contributed by atoms with E-state index in [4.69, 9.17) is 29.8 Å². The van der Waals surface area contributed by atoms with Gasteiger partial charge in [0.15, 0.2) is 11.5 Å². The lowest BCUT2D eigenvalue weighted by Gasteiger charge is -2.10. The third kappa shape index (κ3) is 7.73. The summed E-state index contributed by atoms with van der Waals surface area (Å²) in [6.45, 7) is -0.470. The van der Waals surface area contributed by atoms with Crippen LogP contribution in [0.4, 0.5) is 0 Å². The van der Waals surface area contributed by atoms with Crippen LogP contribution in [0.3, 0.4) is 0 Å². The van der Waals surface area contributed by atoms with E-state index < -0.39 is 27.4 Å². The molecule has 0 aromatic heterocycles. The first-order valence-corrected chi connectivity index (χ1v) is 10.3. The molecule has 0 fully saturated rings. The smallest absolute Gasteiger partial charge is 0.343 e. The number of carbonyl (C=O) groups excluding carboxylic acids is 2. The number of carbonyl (C=O) groups is 2. The minimum atomic E-state index is -3.88. The van der Waals surface area contributed by atoms with E-state index in [1.807, 2.05) is 0 Å². The fourth-order valence-corrected chi connectivity index (χ4v) is 2.80. The average molecular weight is 468 g/mol. The molecular formula is C19H20N2O10S. The Morgan fingerprint density at radius 2 is 1.75 bits per heavy atom. The van der Waals surface area contributed by atoms with Gasteiger partial charge in [-0.15, -0.1) is 0 Å². The molecule has 4 N–H and O–H groups in total. The van der Waals surface area contributed by atoms with Crippen LogP contribution in [0.25, 0.3) is 6.08 Å². The number of hydrogen-bond donors (Lipinski definition) is 3. The van der Waals surface area contributed by atoms with E-state index in [1.165, 1.54) is 49.6 Å². The van der Waals surface area contributed by atoms with Crippen molar-refractivity contribution in [3.05, 3.63) is 59.7 Å². The van der Waals surface area contributed by atoms with Crippen LogP contribution in [0, 0.1) is 0 Å². The normalized spacial score (nSPS) is 11.5. The van der Waals surface area contributed by atoms with Crippen LogP contribution in [0.15, 0.2) is 53.4 Å². The summed E-state index contributed by atoms with van der Waals surface area (Å²) < 4.78 is 37.9. The molecule has 0 saturated carbocycles. The molecule has 13 heteroatoms. The summed E-state index contributed by atoms with van der Waals surface area (Å²) in [5, 5.41) is 21.2. The molecule has 2 rings (SSSR count). The van der Waals surface area contributed by atoms with Crippen LogP contribution in [0.2, 0.25) is 0 Å². The number of rotatable bonds is 10. The second kappa shape index (κ2) is 11.3. The number of methoxy groups -OCH3 is 1. The first-order chi connectivity index (χ1) is 15.1. The van der Waals surface area contributed by atoms with Gasteiger partial charge in [0.05, 0.1) is 23.0 Å². The summed E-state index contributed by atoms with van der Waals surface area (Å²) in [7, 11) is -2.52. The van der Waals surface area contributed by atoms with Crippen LogP contribution >= 0.6 is 0 Å². The van der Waals surface area contributed by atoms with Crippen molar-refractivity contribution in [1.29, 1.82) is 0 Å². The maximum atomic E-state index is 12.3. The summed E-state index contributed by atoms with van der Waals surface area (Å²) in [6, 6.07) is 9.41. The van der Waals surface area contributed by atoms with E-state index in [0.717, 1.165) is 6.08 Å². The SMILES string of the molecule is COc1cc(/C=C/C(=O)OCCON(O)O)ccc1OC(=O)c1ccc(S(N)(=O)=O)cc1. The van der Waals surface area contributed by atoms with Gasteiger partial charge in [-0.3, -0.25) is 10.4 Å². The van der Waals surface area contributed by atoms with Crippen LogP contribution < -0.4 is 14.6 Å². The van der Waals surface area contributed by atoms with Gasteiger partial charge in [0.2, 0.25) is 10.0 Å². The van der Waals surface area contributed by atoms with Crippen molar-refractivity contribution >= 4 is 28.0 Å². The minimum Gasteiger partial charge on any atom is -0.493 e. The topological polar surface area (TPSA) is 175 Å². The van der Waals surface area contributed by atoms with Gasteiger partial charge in [-0.05, 0) is 48.0 Å². The Bertz CT molecular complexity index is 1080. The number of esters is 2. The first kappa shape index (κ1) is 24.9. The predicted octanol–water partition coefficient (Wildman–Crippen LogP) is 1.13. The summed E-state index contributed by atoms with van der Waals surface area (Å²) in [5.41, 5.74) is 0.630. The van der Waals surface area contributed by atoms with Crippen molar-refractivity contribution in [1.82, 2.24) is 5.39 Å². The third-order valence-corrected chi connectivity index (χ3v) is 4.68. The van der Waals surface area contributed by atoms with Crippen LogP contribution in [0.5, 0.6) is 11.5 Å². The molecule has 0 aliphatic carbocycles. The molecule has 0 unspecified atom stereocenters. The lowest BCUT2D eigenvalue weighted by Crippen LogP contribution is -2.18. The van der Waals surface area contributed by atoms with E-state index in [0.29, 0.717) is 5.56 Å². The van der Waals surface area contributed by atoms with Gasteiger partial charge in [-0.25, -0.2) is 28.0 Å². The molecule has 32 heavy (non-hydrogen) atoms. The van der Waals surface area contributed by atoms with Crippen molar-refractivity contribution in [3.63, 3.8) is 0 Å². The lowest BCUT2D eigenvalue weighted by atomic mass is 10.2. The van der Waals surface area contributed by atoms with Crippen molar-refractivity contribution in [2.24, 2.45) is 5.14 Å². The number of benzene rings is 2. The molecular weight excluding hydrogens is 448 g/mol. The standard InChI is InChI=1S/C19H20N2O10S/c1-28-17-12-13(3-9-18(22)29-10-11-30-21(24)25)2-8-16(17)31-19(23)14-4-6-15(7-5-14)32(20,26)27/h2-9,12,24-25H,10-11H2,1H3,(H2,20,26,27)/b9-3+. The highest BCUT2D eigenvalue weighted by molar-refractivity contribution is 7.89. The van der Waals surface area contributed by atoms with E-state index in [2.05, 4.69) is 4.84 Å². The minimum absolute atomic E-state index is 0.0978. The van der Waals surface area contributed by atoms with E-state index in [-0.39, 0.29) is 35.2 Å². The van der Waals surface area contributed by atoms with Crippen LogP contribution in [-0.4, -0.2) is 56.5 Å². The number of ether oxygens (including phenoxy) is 3. The molecule has 0 spiro atoms. The first-order valence-electron chi connectivity index (χ1n) is 8.79. The number of nitrogens with two attached hydrogens (primary N) is 1. The molecule has 0 bridgehead atoms. The van der Waals surface area contributed by atoms with Crippen molar-refractivity contribution in [3.8, 4) is 11.5 Å². The average Bonchev–Trinajstić information content (AvgIpc) is 2.75. The van der Waals surface area contributed by atoms with E-state index >= 15 is 0 Å². The molecule has 0 atom stereocenters. The van der Waals surface area contributed by atoms with Crippen molar-refractivity contribution in [2.75, 3.05) is 20.3 Å². The molecule has 0 radical (unpaired) electrons. The highest BCUT2D eigenvalue weighted by Crippen LogP contribution is 2.29. The Hall–Kier alpha value is -3.33. The van der Waals surface area contributed by atoms with Gasteiger partial charge in [0.1, 0.15) is 13.2 Å². The number of nitrogens with zero attached hydrogens (tertiary/aromatic N) is 1. The summed E-state index contributed by atoms with van der Waals surface area (Å²) in [5.74, 6) is -1.15. The number of sulfonamides is 1. The Labute approximate surface area is 182 Å². The van der Waals surface area contributed by atoms with Crippen LogP contribution in [0.1, 0.15) is 15.9 Å². The van der Waals surface area contributed by atoms with E-state index in [1.54, 1.807) is 6.07 Å². The van der Waals surface area contributed by atoms with Crippen molar-refractivity contribution in [2.45, 2.75) is 4.90 Å². The van der Waals surface area contributed by atoms with Gasteiger partial charge in [-0.2, -0.15) is 0 Å². The number of primary sulfonamides is 1. The van der Waals surface area contributed by atoms with Gasteiger partial charge in [0.25, 0.3) is 0 Å². The van der Waals surface area contributed by atoms with Gasteiger partial charge >= 0.3 is 11.9 Å². The zero-order chi connectivity index (χ0) is 23.7. The molecule has 12 nitrogen and oxygen atoms in total. The van der Waals surface area contributed by atoms with Crippen molar-refractivity contribution < 1.29 is 47.5 Å². The molecule has 172 valence electrons. The fourth-order valence-electron chi connectivity index (χ4n) is 2.29. The predicted molar refractivity (Wildman–Crippen MR) is 107 cm³/mol. The van der Waals surface area contributed by atoms with Gasteiger partial charge in [0, 0.05) is 6.08 Å². The van der Waals surface area contributed by atoms with Crippen LogP contribution in [-0.2, 0) is 24.4 Å². The summed E-state index contributed by atoms with van der Waals surface area (Å²) in [6.07, 6.45) is 2.55. The zero-order valence-corrected chi connectivity index (χ0v) is 17.5. The molecule has 2 aromatic rings. The van der Waals surface area contributed by atoms with Gasteiger partial charge < -0.3 is 14.2 Å². The molecule has 0 saturated heterocycles. The Kier molecular flexibility index (Phi) is 8.83. The van der Waals surface area contributed by atoms with Gasteiger partial charge in [-0.1, -0.05) is 6.07 Å². The fraction of sp³-hybridized carbons (Fsp3) is 0.158. The quantitative estimate of drug-likeness (QED) is 0.150. The zero-order valence-electron chi connectivity index (χ0n) is 16.7. The maximum absolute atomic E-state index is 12.3.